The van der Waals surface area contributed by atoms with Crippen LogP contribution in [0.2, 0.25) is 0 Å². The number of hydrogen-bond acceptors (Lipinski definition) is 11. The molecule has 1 aromatic heterocycles. The van der Waals surface area contributed by atoms with Crippen molar-refractivity contribution in [2.75, 3.05) is 80.7 Å². The Kier molecular flexibility index (Phi) is 27.2. The number of carbonyl (C=O) groups is 4. The minimum absolute atomic E-state index is 0.00317. The molecule has 1 aromatic carbocycles. The van der Waals surface area contributed by atoms with E-state index in [0.717, 1.165) is 62.7 Å². The predicted octanol–water partition coefficient (Wildman–Crippen LogP) is 5.88. The fourth-order valence-corrected chi connectivity index (χ4v) is 9.55. The molecule has 2 saturated heterocycles. The van der Waals surface area contributed by atoms with Gasteiger partial charge in [-0.2, -0.15) is 0 Å². The van der Waals surface area contributed by atoms with Gasteiger partial charge in [0.1, 0.15) is 5.01 Å². The Labute approximate surface area is 391 Å². The zero-order chi connectivity index (χ0) is 47.8. The summed E-state index contributed by atoms with van der Waals surface area (Å²) in [6.45, 7) is 24.2. The largest absolute Gasteiger partial charge is 0.379 e. The monoisotopic (exact) mass is 915 g/mol. The number of rotatable bonds is 23. The molecule has 14 nitrogen and oxygen atoms in total. The lowest BCUT2D eigenvalue weighted by Gasteiger charge is -2.39. The summed E-state index contributed by atoms with van der Waals surface area (Å²) < 4.78 is 12.1. The highest BCUT2D eigenvalue weighted by Gasteiger charge is 2.42. The number of amides is 4. The van der Waals surface area contributed by atoms with Gasteiger partial charge in [0.2, 0.25) is 23.6 Å². The first kappa shape index (κ1) is 56.7. The maximum atomic E-state index is 14.3. The Morgan fingerprint density at radius 3 is 2.17 bits per heavy atom. The quantitative estimate of drug-likeness (QED) is 0.124. The molecule has 0 saturated carbocycles. The van der Waals surface area contributed by atoms with Crippen LogP contribution < -0.4 is 16.0 Å². The van der Waals surface area contributed by atoms with Crippen molar-refractivity contribution in [3.63, 3.8) is 0 Å². The van der Waals surface area contributed by atoms with Gasteiger partial charge in [-0.15, -0.1) is 11.3 Å². The lowest BCUT2D eigenvalue weighted by atomic mass is 9.90. The summed E-state index contributed by atoms with van der Waals surface area (Å²) >= 11 is 1.51. The Morgan fingerprint density at radius 2 is 1.61 bits per heavy atom. The van der Waals surface area contributed by atoms with E-state index in [2.05, 4.69) is 58.4 Å². The number of nitrogens with one attached hydrogen (secondary N) is 3. The van der Waals surface area contributed by atoms with Gasteiger partial charge in [0, 0.05) is 78.7 Å². The lowest BCUT2D eigenvalue weighted by molar-refractivity contribution is -0.146. The number of ether oxygens (including phenoxy) is 2. The van der Waals surface area contributed by atoms with Crippen LogP contribution >= 0.6 is 11.3 Å². The number of piperazine rings is 1. The molecule has 0 bridgehead atoms. The number of likely N-dealkylation sites (N-methyl/N-ethyl adjacent to an activating group) is 2. The van der Waals surface area contributed by atoms with E-state index in [1.165, 1.54) is 17.8 Å². The Balaban J connectivity index is 0.00000270. The van der Waals surface area contributed by atoms with Gasteiger partial charge in [0.05, 0.1) is 55.3 Å². The maximum Gasteiger partial charge on any atom is 0.242 e. The summed E-state index contributed by atoms with van der Waals surface area (Å²) in [6, 6.07) is 8.62. The van der Waals surface area contributed by atoms with E-state index in [-0.39, 0.29) is 66.6 Å². The minimum Gasteiger partial charge on any atom is -0.379 e. The van der Waals surface area contributed by atoms with Crippen LogP contribution in [-0.4, -0.2) is 159 Å². The smallest absolute Gasteiger partial charge is 0.242 e. The molecule has 2 fully saturated rings. The molecule has 2 aromatic rings. The van der Waals surface area contributed by atoms with Gasteiger partial charge in [0.25, 0.3) is 0 Å². The van der Waals surface area contributed by atoms with Gasteiger partial charge >= 0.3 is 0 Å². The van der Waals surface area contributed by atoms with E-state index >= 15 is 0 Å². The molecular weight excluding hydrogens is 829 g/mol. The number of nitrogens with zero attached hydrogens (tertiary/aromatic N) is 5. The molecule has 8 atom stereocenters. The molecule has 0 spiro atoms. The topological polar surface area (TPSA) is 149 Å². The van der Waals surface area contributed by atoms with Crippen molar-refractivity contribution in [2.45, 2.75) is 137 Å². The first-order chi connectivity index (χ1) is 30.7. The molecule has 4 amide bonds. The second-order valence-corrected chi connectivity index (χ2v) is 18.4. The van der Waals surface area contributed by atoms with Gasteiger partial charge in [0.15, 0.2) is 0 Å². The Bertz CT molecular complexity index is 1600. The van der Waals surface area contributed by atoms with Crippen LogP contribution in [0, 0.1) is 17.8 Å². The van der Waals surface area contributed by atoms with Crippen molar-refractivity contribution >= 4 is 35.0 Å². The van der Waals surface area contributed by atoms with Gasteiger partial charge in [-0.05, 0) is 43.7 Å². The SMILES string of the molecule is CC.CCC.CCC(C)C(C(CC(=O)N1CCCC1C(OC)C(C)C(=O)NC(Cc1ccccc1)c1nccs1)OC)N(C)C(=O)CNC(=O)C(C(C)C)N(C)CCN1CCNCC1. The highest BCUT2D eigenvalue weighted by atomic mass is 32.1. The average molecular weight is 915 g/mol. The molecule has 8 unspecified atom stereocenters. The van der Waals surface area contributed by atoms with Crippen molar-refractivity contribution in [2.24, 2.45) is 17.8 Å². The van der Waals surface area contributed by atoms with Crippen molar-refractivity contribution < 1.29 is 28.7 Å². The minimum atomic E-state index is -0.596. The van der Waals surface area contributed by atoms with E-state index < -0.39 is 24.2 Å². The summed E-state index contributed by atoms with van der Waals surface area (Å²) in [5, 5.41) is 12.3. The Morgan fingerprint density at radius 1 is 0.953 bits per heavy atom. The summed E-state index contributed by atoms with van der Waals surface area (Å²) in [5.41, 5.74) is 1.09. The van der Waals surface area contributed by atoms with Crippen LogP contribution in [-0.2, 0) is 35.1 Å². The van der Waals surface area contributed by atoms with Crippen LogP contribution in [0.25, 0.3) is 0 Å². The first-order valence-corrected chi connectivity index (χ1v) is 24.9. The first-order valence-electron chi connectivity index (χ1n) is 24.0. The zero-order valence-corrected chi connectivity index (χ0v) is 42.5. The molecule has 3 heterocycles. The number of hydrogen-bond donors (Lipinski definition) is 3. The fourth-order valence-electron chi connectivity index (χ4n) is 8.86. The maximum absolute atomic E-state index is 14.3. The molecule has 4 rings (SSSR count). The van der Waals surface area contributed by atoms with Crippen LogP contribution in [0.15, 0.2) is 41.9 Å². The second-order valence-electron chi connectivity index (χ2n) is 17.5. The number of carbonyl (C=O) groups excluding carboxylic acids is 4. The van der Waals surface area contributed by atoms with Crippen molar-refractivity contribution in [1.82, 2.24) is 40.5 Å². The summed E-state index contributed by atoms with van der Waals surface area (Å²) in [4.78, 5) is 68.1. The summed E-state index contributed by atoms with van der Waals surface area (Å²) in [7, 11) is 6.89. The lowest BCUT2D eigenvalue weighted by Crippen LogP contribution is -2.56. The third-order valence-electron chi connectivity index (χ3n) is 12.4. The second kappa shape index (κ2) is 30.7. The number of thiazole rings is 1. The number of benzene rings is 1. The number of aromatic nitrogens is 1. The average Bonchev–Trinajstić information content (AvgIpc) is 4.03. The van der Waals surface area contributed by atoms with E-state index in [1.54, 1.807) is 32.4 Å². The number of methoxy groups -OCH3 is 2. The predicted molar refractivity (Wildman–Crippen MR) is 260 cm³/mol. The molecule has 64 heavy (non-hydrogen) atoms. The molecule has 0 aliphatic carbocycles. The van der Waals surface area contributed by atoms with Crippen molar-refractivity contribution in [3.8, 4) is 0 Å². The highest BCUT2D eigenvalue weighted by molar-refractivity contribution is 7.09. The third-order valence-corrected chi connectivity index (χ3v) is 13.3. The van der Waals surface area contributed by atoms with E-state index in [1.807, 2.05) is 82.3 Å². The van der Waals surface area contributed by atoms with Gasteiger partial charge in [-0.25, -0.2) is 4.98 Å². The molecule has 15 heteroatoms. The van der Waals surface area contributed by atoms with Crippen molar-refractivity contribution in [3.05, 3.63) is 52.5 Å². The zero-order valence-electron chi connectivity index (χ0n) is 41.7. The molecule has 0 radical (unpaired) electrons. The van der Waals surface area contributed by atoms with Crippen LogP contribution in [0.5, 0.6) is 0 Å². The van der Waals surface area contributed by atoms with Gasteiger partial charge < -0.3 is 35.2 Å². The molecular formula is C49H86N8O6S. The number of likely N-dealkylation sites (tertiary alicyclic amines) is 1. The molecule has 2 aliphatic rings. The van der Waals surface area contributed by atoms with Crippen LogP contribution in [0.1, 0.15) is 111 Å². The Hall–Kier alpha value is -3.47. The normalized spacial score (nSPS) is 18.6. The standard InChI is InChI=1S/C44H72N8O6S.C3H8.C2H6/c1-10-31(4)40(50(7)38(54)29-47-43(56)39(30(2)3)49(6)24-25-51-22-18-45-19-23-51)36(57-8)28-37(53)52-21-14-17-35(52)41(58-9)32(5)42(55)48-34(44-46-20-26-59-44)27-33-15-12-11-13-16-33;1-3-2;1-2/h11-13,15-16,20,26,30-32,34-36,39-41,45H,10,14,17-19,21-25,27-29H2,1-9H3,(H,47,56)(H,48,55);3H2,1-2H3;1-2H3. The summed E-state index contributed by atoms with van der Waals surface area (Å²) in [6.07, 6.45) is 4.77. The third kappa shape index (κ3) is 17.4. The summed E-state index contributed by atoms with van der Waals surface area (Å²) in [5.74, 6) is -1.18. The highest BCUT2D eigenvalue weighted by Crippen LogP contribution is 2.30. The molecule has 2 aliphatic heterocycles. The van der Waals surface area contributed by atoms with E-state index in [4.69, 9.17) is 9.47 Å². The fraction of sp³-hybridized carbons (Fsp3) is 0.735. The van der Waals surface area contributed by atoms with Gasteiger partial charge in [-0.1, -0.05) is 105 Å². The van der Waals surface area contributed by atoms with Crippen molar-refractivity contribution in [1.29, 1.82) is 0 Å². The van der Waals surface area contributed by atoms with E-state index in [9.17, 15) is 19.2 Å². The van der Waals surface area contributed by atoms with Crippen LogP contribution in [0.4, 0.5) is 0 Å². The molecule has 3 N–H and O–H groups in total. The van der Waals surface area contributed by atoms with Gasteiger partial charge in [-0.3, -0.25) is 29.0 Å². The van der Waals surface area contributed by atoms with Crippen LogP contribution in [0.3, 0.4) is 0 Å². The molecule has 364 valence electrons. The van der Waals surface area contributed by atoms with E-state index in [0.29, 0.717) is 19.4 Å².